The molecule has 0 saturated heterocycles. The Morgan fingerprint density at radius 3 is 2.47 bits per heavy atom. The lowest BCUT2D eigenvalue weighted by Gasteiger charge is -2.17. The van der Waals surface area contributed by atoms with Crippen LogP contribution in [0.4, 0.5) is 11.4 Å². The lowest BCUT2D eigenvalue weighted by atomic mass is 10.1. The largest absolute Gasteiger partial charge is 0.495 e. The summed E-state index contributed by atoms with van der Waals surface area (Å²) in [4.78, 5) is 4.43. The first-order valence-electron chi connectivity index (χ1n) is 10.7. The highest BCUT2D eigenvalue weighted by atomic mass is 35.5. The number of aliphatic hydroxyl groups excluding tert-OH is 1. The van der Waals surface area contributed by atoms with Crippen LogP contribution in [0.5, 0.6) is 17.2 Å². The number of hydrogen-bond donors (Lipinski definition) is 3. The average Bonchev–Trinajstić information content (AvgIpc) is 2.84. The van der Waals surface area contributed by atoms with Crippen molar-refractivity contribution in [3.8, 4) is 23.3 Å². The van der Waals surface area contributed by atoms with Gasteiger partial charge in [0, 0.05) is 30.3 Å². The van der Waals surface area contributed by atoms with Crippen LogP contribution < -0.4 is 24.8 Å². The minimum atomic E-state index is 0.174. The molecular weight excluding hydrogens is 479 g/mol. The number of nitriles is 1. The Hall–Kier alpha value is -2.96. The maximum Gasteiger partial charge on any atom is 0.163 e. The highest BCUT2D eigenvalue weighted by Gasteiger charge is 2.16. The van der Waals surface area contributed by atoms with Crippen LogP contribution in [0.3, 0.4) is 0 Å². The first-order chi connectivity index (χ1) is 16.5. The second kappa shape index (κ2) is 12.5. The van der Waals surface area contributed by atoms with E-state index in [1.54, 1.807) is 31.4 Å². The average molecular weight is 505 g/mol. The minimum Gasteiger partial charge on any atom is -0.495 e. The summed E-state index contributed by atoms with van der Waals surface area (Å²) in [5, 5.41) is 26.4. The van der Waals surface area contributed by atoms with Crippen molar-refractivity contribution >= 4 is 45.5 Å². The van der Waals surface area contributed by atoms with Gasteiger partial charge < -0.3 is 30.0 Å². The van der Waals surface area contributed by atoms with Crippen LogP contribution in [-0.4, -0.2) is 50.6 Å². The molecule has 0 aliphatic rings. The molecular formula is C24H26Cl2N4O4. The summed E-state index contributed by atoms with van der Waals surface area (Å²) >= 11 is 12.5. The summed E-state index contributed by atoms with van der Waals surface area (Å²) in [5.74, 6) is 1.52. The number of aromatic nitrogens is 1. The summed E-state index contributed by atoms with van der Waals surface area (Å²) in [5.41, 5.74) is 2.01. The molecule has 34 heavy (non-hydrogen) atoms. The molecule has 0 unspecified atom stereocenters. The predicted molar refractivity (Wildman–Crippen MR) is 134 cm³/mol. The van der Waals surface area contributed by atoms with Crippen molar-refractivity contribution in [2.24, 2.45) is 0 Å². The summed E-state index contributed by atoms with van der Waals surface area (Å²) < 4.78 is 16.8. The molecule has 0 aliphatic carbocycles. The molecule has 1 aromatic heterocycles. The summed E-state index contributed by atoms with van der Waals surface area (Å²) in [6.45, 7) is 2.20. The molecule has 3 rings (SSSR count). The van der Waals surface area contributed by atoms with Crippen molar-refractivity contribution in [2.45, 2.75) is 12.8 Å². The number of fused-ring (bicyclic) bond motifs is 1. The Bertz CT molecular complexity index is 1180. The van der Waals surface area contributed by atoms with E-state index in [1.807, 2.05) is 0 Å². The maximum atomic E-state index is 9.69. The molecule has 0 spiro atoms. The third kappa shape index (κ3) is 6.13. The molecule has 0 saturated carbocycles. The normalized spacial score (nSPS) is 10.7. The number of pyridine rings is 1. The molecule has 0 radical (unpaired) electrons. The van der Waals surface area contributed by atoms with E-state index in [0.29, 0.717) is 61.7 Å². The molecule has 0 aliphatic heterocycles. The first kappa shape index (κ1) is 25.7. The van der Waals surface area contributed by atoms with Gasteiger partial charge in [-0.05, 0) is 38.1 Å². The van der Waals surface area contributed by atoms with Crippen LogP contribution in [0.25, 0.3) is 10.9 Å². The first-order valence-corrected chi connectivity index (χ1v) is 11.4. The van der Waals surface area contributed by atoms with E-state index < -0.39 is 0 Å². The van der Waals surface area contributed by atoms with Gasteiger partial charge in [-0.25, -0.2) is 0 Å². The highest BCUT2D eigenvalue weighted by Crippen LogP contribution is 2.40. The molecule has 180 valence electrons. The molecule has 0 fully saturated rings. The summed E-state index contributed by atoms with van der Waals surface area (Å²) in [6, 6.07) is 8.97. The maximum absolute atomic E-state index is 9.69. The van der Waals surface area contributed by atoms with E-state index in [1.165, 1.54) is 13.3 Å². The van der Waals surface area contributed by atoms with Crippen LogP contribution in [0.1, 0.15) is 18.4 Å². The van der Waals surface area contributed by atoms with Crippen molar-refractivity contribution in [1.82, 2.24) is 10.3 Å². The SMILES string of the molecule is COc1cc(Nc2c(C#N)cnc3cc(OCCCNCCCO)c(OC)cc23)c(Cl)cc1Cl. The van der Waals surface area contributed by atoms with Crippen molar-refractivity contribution in [1.29, 1.82) is 5.26 Å². The van der Waals surface area contributed by atoms with Gasteiger partial charge in [-0.1, -0.05) is 23.2 Å². The number of nitrogens with zero attached hydrogens (tertiary/aromatic N) is 2. The molecule has 0 atom stereocenters. The molecule has 10 heteroatoms. The molecule has 0 amide bonds. The van der Waals surface area contributed by atoms with Crippen LogP contribution in [-0.2, 0) is 0 Å². The zero-order valence-corrected chi connectivity index (χ0v) is 20.5. The van der Waals surface area contributed by atoms with Crippen LogP contribution in [0.2, 0.25) is 10.0 Å². The van der Waals surface area contributed by atoms with Gasteiger partial charge in [-0.3, -0.25) is 4.98 Å². The smallest absolute Gasteiger partial charge is 0.163 e. The van der Waals surface area contributed by atoms with E-state index in [0.717, 1.165) is 25.9 Å². The number of methoxy groups -OCH3 is 2. The second-order valence-electron chi connectivity index (χ2n) is 7.30. The van der Waals surface area contributed by atoms with E-state index in [9.17, 15) is 5.26 Å². The van der Waals surface area contributed by atoms with Gasteiger partial charge in [-0.15, -0.1) is 0 Å². The van der Waals surface area contributed by atoms with Gasteiger partial charge in [0.05, 0.1) is 53.3 Å². The number of rotatable bonds is 12. The monoisotopic (exact) mass is 504 g/mol. The number of anilines is 2. The molecule has 8 nitrogen and oxygen atoms in total. The highest BCUT2D eigenvalue weighted by molar-refractivity contribution is 6.37. The molecule has 3 aromatic rings. The number of nitrogens with one attached hydrogen (secondary N) is 2. The lowest BCUT2D eigenvalue weighted by molar-refractivity contribution is 0.278. The van der Waals surface area contributed by atoms with E-state index in [-0.39, 0.29) is 6.61 Å². The number of hydrogen-bond acceptors (Lipinski definition) is 8. The minimum absolute atomic E-state index is 0.174. The van der Waals surface area contributed by atoms with E-state index in [2.05, 4.69) is 21.7 Å². The van der Waals surface area contributed by atoms with Crippen molar-refractivity contribution in [2.75, 3.05) is 45.8 Å². The fraction of sp³-hybridized carbons (Fsp3) is 0.333. The number of halogens is 2. The second-order valence-corrected chi connectivity index (χ2v) is 8.11. The number of benzene rings is 2. The van der Waals surface area contributed by atoms with Crippen LogP contribution >= 0.6 is 23.2 Å². The van der Waals surface area contributed by atoms with Crippen molar-refractivity contribution < 1.29 is 19.3 Å². The number of aliphatic hydroxyl groups is 1. The Morgan fingerprint density at radius 2 is 1.76 bits per heavy atom. The van der Waals surface area contributed by atoms with E-state index in [4.69, 9.17) is 42.5 Å². The predicted octanol–water partition coefficient (Wildman–Crippen LogP) is 4.91. The van der Waals surface area contributed by atoms with Gasteiger partial charge in [0.1, 0.15) is 11.8 Å². The van der Waals surface area contributed by atoms with Gasteiger partial charge >= 0.3 is 0 Å². The Labute approximate surface area is 208 Å². The zero-order valence-electron chi connectivity index (χ0n) is 19.0. The Kier molecular flexibility index (Phi) is 9.42. The number of ether oxygens (including phenoxy) is 3. The molecule has 1 heterocycles. The quantitative estimate of drug-likeness (QED) is 0.298. The van der Waals surface area contributed by atoms with Crippen molar-refractivity contribution in [3.05, 3.63) is 46.1 Å². The van der Waals surface area contributed by atoms with Gasteiger partial charge in [0.15, 0.2) is 11.5 Å². The molecule has 2 aromatic carbocycles. The molecule has 3 N–H and O–H groups in total. The Morgan fingerprint density at radius 1 is 1.00 bits per heavy atom. The van der Waals surface area contributed by atoms with Gasteiger partial charge in [-0.2, -0.15) is 5.26 Å². The standard InChI is InChI=1S/C24H26Cl2N4O4/c1-32-21-12-20(17(25)10-18(21)26)30-24-15(13-27)14-29-19-11-23(22(33-2)9-16(19)24)34-8-4-6-28-5-3-7-31/h9-12,14,28,31H,3-8H2,1-2H3,(H,29,30). The van der Waals surface area contributed by atoms with Crippen LogP contribution in [0, 0.1) is 11.3 Å². The topological polar surface area (TPSA) is 109 Å². The van der Waals surface area contributed by atoms with E-state index >= 15 is 0 Å². The third-order valence-corrected chi connectivity index (χ3v) is 5.65. The fourth-order valence-corrected chi connectivity index (χ4v) is 3.82. The van der Waals surface area contributed by atoms with Gasteiger partial charge in [0.25, 0.3) is 0 Å². The molecule has 0 bridgehead atoms. The van der Waals surface area contributed by atoms with Gasteiger partial charge in [0.2, 0.25) is 0 Å². The third-order valence-electron chi connectivity index (χ3n) is 5.04. The Balaban J connectivity index is 1.90. The van der Waals surface area contributed by atoms with Crippen LogP contribution in [0.15, 0.2) is 30.5 Å². The summed E-state index contributed by atoms with van der Waals surface area (Å²) in [6.07, 6.45) is 3.00. The summed E-state index contributed by atoms with van der Waals surface area (Å²) in [7, 11) is 3.07. The lowest BCUT2D eigenvalue weighted by Crippen LogP contribution is -2.19. The van der Waals surface area contributed by atoms with Crippen molar-refractivity contribution in [3.63, 3.8) is 0 Å². The zero-order chi connectivity index (χ0) is 24.5. The fourth-order valence-electron chi connectivity index (χ4n) is 3.32.